The van der Waals surface area contributed by atoms with Crippen molar-refractivity contribution in [1.29, 1.82) is 0 Å². The standard InChI is InChI=1S/C14H14O3/c1-3-9-4-8(2)10-5-12-13(17-7-16-12)6-11(10)14(9)15/h5-6,9H,2-4,7H2,1H3. The molecule has 0 bridgehead atoms. The molecule has 0 amide bonds. The zero-order valence-corrected chi connectivity index (χ0v) is 9.79. The van der Waals surface area contributed by atoms with Gasteiger partial charge in [-0.15, -0.1) is 0 Å². The summed E-state index contributed by atoms with van der Waals surface area (Å²) in [7, 11) is 0. The summed E-state index contributed by atoms with van der Waals surface area (Å²) in [4.78, 5) is 12.3. The molecule has 0 saturated heterocycles. The SMILES string of the molecule is C=C1CC(CC)C(=O)c2cc3c(cc21)OCO3. The molecule has 2 aliphatic rings. The predicted octanol–water partition coefficient (Wildman–Crippen LogP) is 3.04. The topological polar surface area (TPSA) is 35.5 Å². The number of ketones is 1. The molecule has 1 aliphatic heterocycles. The fraction of sp³-hybridized carbons (Fsp3) is 0.357. The molecular formula is C14H14O3. The first-order valence-corrected chi connectivity index (χ1v) is 5.86. The van der Waals surface area contributed by atoms with Crippen LogP contribution in [0, 0.1) is 5.92 Å². The van der Waals surface area contributed by atoms with Crippen LogP contribution >= 0.6 is 0 Å². The quantitative estimate of drug-likeness (QED) is 0.743. The van der Waals surface area contributed by atoms with Crippen LogP contribution in [0.2, 0.25) is 0 Å². The van der Waals surface area contributed by atoms with E-state index in [1.54, 1.807) is 6.07 Å². The first-order chi connectivity index (χ1) is 8.20. The highest BCUT2D eigenvalue weighted by Crippen LogP contribution is 2.42. The first kappa shape index (κ1) is 10.4. The molecule has 88 valence electrons. The van der Waals surface area contributed by atoms with Crippen LogP contribution in [-0.2, 0) is 0 Å². The summed E-state index contributed by atoms with van der Waals surface area (Å²) in [6.45, 7) is 6.33. The molecule has 17 heavy (non-hydrogen) atoms. The highest BCUT2D eigenvalue weighted by molar-refractivity contribution is 6.06. The Morgan fingerprint density at radius 2 is 1.94 bits per heavy atom. The van der Waals surface area contributed by atoms with Crippen LogP contribution in [0.15, 0.2) is 18.7 Å². The fourth-order valence-electron chi connectivity index (χ4n) is 2.49. The highest BCUT2D eigenvalue weighted by Gasteiger charge is 2.30. The Hall–Kier alpha value is -1.77. The van der Waals surface area contributed by atoms with Gasteiger partial charge < -0.3 is 9.47 Å². The Balaban J connectivity index is 2.15. The van der Waals surface area contributed by atoms with E-state index in [4.69, 9.17) is 9.47 Å². The monoisotopic (exact) mass is 230 g/mol. The zero-order valence-electron chi connectivity index (χ0n) is 9.79. The number of carbonyl (C=O) groups is 1. The van der Waals surface area contributed by atoms with Gasteiger partial charge in [-0.1, -0.05) is 13.5 Å². The summed E-state index contributed by atoms with van der Waals surface area (Å²) >= 11 is 0. The Labute approximate surface area is 100 Å². The van der Waals surface area contributed by atoms with Gasteiger partial charge in [-0.05, 0) is 36.1 Å². The van der Waals surface area contributed by atoms with Crippen LogP contribution in [0.4, 0.5) is 0 Å². The number of hydrogen-bond donors (Lipinski definition) is 0. The number of ether oxygens (including phenoxy) is 2. The van der Waals surface area contributed by atoms with Crippen molar-refractivity contribution in [2.24, 2.45) is 5.92 Å². The molecule has 3 rings (SSSR count). The van der Waals surface area contributed by atoms with Gasteiger partial charge in [0.1, 0.15) is 0 Å². The van der Waals surface area contributed by atoms with Crippen molar-refractivity contribution in [2.45, 2.75) is 19.8 Å². The predicted molar refractivity (Wildman–Crippen MR) is 64.3 cm³/mol. The second-order valence-electron chi connectivity index (χ2n) is 4.53. The van der Waals surface area contributed by atoms with E-state index >= 15 is 0 Å². The number of fused-ring (bicyclic) bond motifs is 2. The van der Waals surface area contributed by atoms with Gasteiger partial charge in [0.15, 0.2) is 17.3 Å². The summed E-state index contributed by atoms with van der Waals surface area (Å²) < 4.78 is 10.6. The molecule has 0 aromatic heterocycles. The van der Waals surface area contributed by atoms with E-state index in [2.05, 4.69) is 6.58 Å². The summed E-state index contributed by atoms with van der Waals surface area (Å²) in [5.41, 5.74) is 2.67. The minimum atomic E-state index is 0.0652. The number of rotatable bonds is 1. The molecule has 0 spiro atoms. The third kappa shape index (κ3) is 1.46. The second kappa shape index (κ2) is 3.62. The maximum atomic E-state index is 12.3. The van der Waals surface area contributed by atoms with Crippen LogP contribution in [0.3, 0.4) is 0 Å². The van der Waals surface area contributed by atoms with Gasteiger partial charge in [0.2, 0.25) is 6.79 Å². The van der Waals surface area contributed by atoms with E-state index in [-0.39, 0.29) is 18.5 Å². The smallest absolute Gasteiger partial charge is 0.231 e. The minimum Gasteiger partial charge on any atom is -0.454 e. The number of benzene rings is 1. The summed E-state index contributed by atoms with van der Waals surface area (Å²) in [5, 5.41) is 0. The van der Waals surface area contributed by atoms with E-state index in [0.29, 0.717) is 11.5 Å². The largest absolute Gasteiger partial charge is 0.454 e. The van der Waals surface area contributed by atoms with Crippen LogP contribution in [0.1, 0.15) is 35.7 Å². The van der Waals surface area contributed by atoms with Crippen LogP contribution in [0.25, 0.3) is 5.57 Å². The molecule has 3 heteroatoms. The van der Waals surface area contributed by atoms with Gasteiger partial charge in [-0.25, -0.2) is 0 Å². The van der Waals surface area contributed by atoms with Crippen molar-refractivity contribution in [2.75, 3.05) is 6.79 Å². The van der Waals surface area contributed by atoms with E-state index in [0.717, 1.165) is 29.5 Å². The Morgan fingerprint density at radius 1 is 1.29 bits per heavy atom. The maximum absolute atomic E-state index is 12.3. The Bertz CT molecular complexity index is 516. The second-order valence-corrected chi connectivity index (χ2v) is 4.53. The Morgan fingerprint density at radius 3 is 2.59 bits per heavy atom. The van der Waals surface area contributed by atoms with E-state index in [1.165, 1.54) is 0 Å². The average Bonchev–Trinajstić information content (AvgIpc) is 2.79. The normalized spacial score (nSPS) is 21.6. The molecule has 1 heterocycles. The van der Waals surface area contributed by atoms with Crippen molar-refractivity contribution < 1.29 is 14.3 Å². The molecule has 3 nitrogen and oxygen atoms in total. The summed E-state index contributed by atoms with van der Waals surface area (Å²) in [6, 6.07) is 3.68. The first-order valence-electron chi connectivity index (χ1n) is 5.86. The fourth-order valence-corrected chi connectivity index (χ4v) is 2.49. The van der Waals surface area contributed by atoms with Crippen LogP contribution in [-0.4, -0.2) is 12.6 Å². The molecule has 1 aromatic carbocycles. The lowest BCUT2D eigenvalue weighted by Gasteiger charge is -2.24. The lowest BCUT2D eigenvalue weighted by molar-refractivity contribution is 0.0913. The van der Waals surface area contributed by atoms with Crippen LogP contribution in [0.5, 0.6) is 11.5 Å². The summed E-state index contributed by atoms with van der Waals surface area (Å²) in [5.74, 6) is 1.65. The third-order valence-corrected chi connectivity index (χ3v) is 3.52. The third-order valence-electron chi connectivity index (χ3n) is 3.52. The van der Waals surface area contributed by atoms with Gasteiger partial charge in [-0.3, -0.25) is 4.79 Å². The average molecular weight is 230 g/mol. The Kier molecular flexibility index (Phi) is 2.21. The van der Waals surface area contributed by atoms with Gasteiger partial charge in [0.05, 0.1) is 0 Å². The number of Topliss-reactive ketones (excluding diaryl/α,β-unsaturated/α-hetero) is 1. The molecule has 1 aromatic rings. The number of carbonyl (C=O) groups excluding carboxylic acids is 1. The minimum absolute atomic E-state index is 0.0652. The molecule has 1 atom stereocenters. The molecule has 0 radical (unpaired) electrons. The lowest BCUT2D eigenvalue weighted by atomic mass is 9.79. The molecule has 0 N–H and O–H groups in total. The molecule has 0 saturated carbocycles. The van der Waals surface area contributed by atoms with E-state index in [1.807, 2.05) is 13.0 Å². The van der Waals surface area contributed by atoms with Gasteiger partial charge in [-0.2, -0.15) is 0 Å². The lowest BCUT2D eigenvalue weighted by Crippen LogP contribution is -2.21. The van der Waals surface area contributed by atoms with Crippen molar-refractivity contribution in [1.82, 2.24) is 0 Å². The van der Waals surface area contributed by atoms with Crippen molar-refractivity contribution >= 4 is 11.4 Å². The maximum Gasteiger partial charge on any atom is 0.231 e. The van der Waals surface area contributed by atoms with Crippen molar-refractivity contribution in [3.05, 3.63) is 29.8 Å². The molecule has 1 unspecified atom stereocenters. The van der Waals surface area contributed by atoms with E-state index in [9.17, 15) is 4.79 Å². The van der Waals surface area contributed by atoms with Gasteiger partial charge in [0.25, 0.3) is 0 Å². The van der Waals surface area contributed by atoms with Gasteiger partial charge in [0, 0.05) is 11.5 Å². The van der Waals surface area contributed by atoms with Crippen LogP contribution < -0.4 is 9.47 Å². The molecule has 0 fully saturated rings. The number of allylic oxidation sites excluding steroid dienone is 1. The molecular weight excluding hydrogens is 216 g/mol. The van der Waals surface area contributed by atoms with E-state index < -0.39 is 0 Å². The number of hydrogen-bond acceptors (Lipinski definition) is 3. The molecule has 1 aliphatic carbocycles. The highest BCUT2D eigenvalue weighted by atomic mass is 16.7. The summed E-state index contributed by atoms with van der Waals surface area (Å²) in [6.07, 6.45) is 1.60. The van der Waals surface area contributed by atoms with Crippen molar-refractivity contribution in [3.63, 3.8) is 0 Å². The zero-order chi connectivity index (χ0) is 12.0. The van der Waals surface area contributed by atoms with Gasteiger partial charge >= 0.3 is 0 Å². The van der Waals surface area contributed by atoms with Crippen molar-refractivity contribution in [3.8, 4) is 11.5 Å².